The topological polar surface area (TPSA) is 150 Å². The van der Waals surface area contributed by atoms with Crippen molar-refractivity contribution in [2.45, 2.75) is 37.2 Å². The number of carbonyl (C=O) groups is 3. The van der Waals surface area contributed by atoms with E-state index in [-0.39, 0.29) is 5.60 Å². The van der Waals surface area contributed by atoms with Crippen molar-refractivity contribution >= 4 is 29.2 Å². The first-order chi connectivity index (χ1) is 21.1. The highest BCUT2D eigenvalue weighted by molar-refractivity contribution is 7.07. The number of thiophene rings is 1. The number of aromatic nitrogens is 1. The van der Waals surface area contributed by atoms with Gasteiger partial charge in [0.15, 0.2) is 0 Å². The number of hydrogen-bond donors (Lipinski definition) is 3. The molecule has 4 rings (SSSR count). The summed E-state index contributed by atoms with van der Waals surface area (Å²) in [6.45, 7) is 7.91. The second kappa shape index (κ2) is 18.0. The zero-order valence-electron chi connectivity index (χ0n) is 23.4. The van der Waals surface area contributed by atoms with Crippen molar-refractivity contribution in [2.24, 2.45) is 0 Å². The highest BCUT2D eigenvalue weighted by Crippen LogP contribution is 2.25. The highest BCUT2D eigenvalue weighted by atomic mass is 32.1. The van der Waals surface area contributed by atoms with Gasteiger partial charge in [-0.2, -0.15) is 50.9 Å². The molecule has 2 fully saturated rings. The summed E-state index contributed by atoms with van der Waals surface area (Å²) in [7, 11) is 0. The van der Waals surface area contributed by atoms with Crippen LogP contribution in [0.1, 0.15) is 11.1 Å². The summed E-state index contributed by atoms with van der Waals surface area (Å²) < 4.78 is 107. The van der Waals surface area contributed by atoms with E-state index >= 15 is 0 Å². The summed E-state index contributed by atoms with van der Waals surface area (Å²) in [5, 5.41) is 25.8. The van der Waals surface area contributed by atoms with Crippen LogP contribution in [0.5, 0.6) is 0 Å². The number of rotatable bonds is 4. The molecule has 2 aliphatic rings. The number of pyridine rings is 1. The zero-order chi connectivity index (χ0) is 35.2. The van der Waals surface area contributed by atoms with Gasteiger partial charge in [0.25, 0.3) is 0 Å². The average molecular weight is 702 g/mol. The monoisotopic (exact) mass is 701 g/mol. The van der Waals surface area contributed by atoms with E-state index in [1.54, 1.807) is 11.3 Å². The second-order valence-electron chi connectivity index (χ2n) is 9.40. The maximum atomic E-state index is 10.6. The Hall–Kier alpha value is -3.53. The molecule has 0 saturated carbocycles. The predicted molar refractivity (Wildman–Crippen MR) is 140 cm³/mol. The van der Waals surface area contributed by atoms with Crippen molar-refractivity contribution < 1.29 is 78.7 Å². The molecule has 2 saturated heterocycles. The Morgan fingerprint density at radius 2 is 1.20 bits per heavy atom. The third kappa shape index (κ3) is 16.2. The van der Waals surface area contributed by atoms with Gasteiger partial charge in [0.2, 0.25) is 0 Å². The van der Waals surface area contributed by atoms with Crippen molar-refractivity contribution in [1.29, 1.82) is 0 Å². The first kappa shape index (κ1) is 40.5. The molecule has 0 aromatic carbocycles. The van der Waals surface area contributed by atoms with Gasteiger partial charge in [0, 0.05) is 51.7 Å². The summed E-state index contributed by atoms with van der Waals surface area (Å²) in [6.07, 6.45) is -11.5. The SMILES string of the molecule is O=C(O)C(F)(F)F.O=C(O)C(F)(F)F.O=C(O)C(F)(F)F.c1cc(CN2CCOCC3(C2)CN(Cc2ccsc2)CCO3)ccn1. The van der Waals surface area contributed by atoms with Gasteiger partial charge < -0.3 is 24.8 Å². The second-order valence-corrected chi connectivity index (χ2v) is 10.2. The number of nitrogens with zero attached hydrogens (tertiary/aromatic N) is 3. The molecule has 0 radical (unpaired) electrons. The molecule has 1 unspecified atom stereocenters. The Morgan fingerprint density at radius 3 is 1.61 bits per heavy atom. The van der Waals surface area contributed by atoms with Gasteiger partial charge in [0.1, 0.15) is 5.60 Å². The Labute approximate surface area is 258 Å². The maximum absolute atomic E-state index is 10.6. The fourth-order valence-corrected chi connectivity index (χ4v) is 4.41. The molecule has 46 heavy (non-hydrogen) atoms. The predicted octanol–water partition coefficient (Wildman–Crippen LogP) is 4.15. The van der Waals surface area contributed by atoms with E-state index in [2.05, 4.69) is 43.7 Å². The maximum Gasteiger partial charge on any atom is 0.490 e. The molecule has 0 aliphatic carbocycles. The van der Waals surface area contributed by atoms with Gasteiger partial charge in [-0.1, -0.05) is 0 Å². The first-order valence-corrected chi connectivity index (χ1v) is 13.6. The molecule has 260 valence electrons. The van der Waals surface area contributed by atoms with E-state index < -0.39 is 36.4 Å². The third-order valence-corrected chi connectivity index (χ3v) is 6.36. The smallest absolute Gasteiger partial charge is 0.475 e. The Kier molecular flexibility index (Phi) is 15.8. The van der Waals surface area contributed by atoms with Crippen LogP contribution in [0.2, 0.25) is 0 Å². The molecule has 3 N–H and O–H groups in total. The van der Waals surface area contributed by atoms with Gasteiger partial charge >= 0.3 is 36.4 Å². The Morgan fingerprint density at radius 1 is 0.761 bits per heavy atom. The lowest BCUT2D eigenvalue weighted by Gasteiger charge is -2.43. The van der Waals surface area contributed by atoms with E-state index in [1.807, 2.05) is 12.4 Å². The fourth-order valence-electron chi connectivity index (χ4n) is 3.75. The quantitative estimate of drug-likeness (QED) is 0.395. The van der Waals surface area contributed by atoms with Crippen LogP contribution < -0.4 is 0 Å². The number of carboxylic acids is 3. The minimum atomic E-state index is -5.08. The standard InChI is InChI=1S/C19H25N3O2S.3C2HF3O2/c1-4-20-5-2-17(1)11-21-6-8-23-16-19(14-21)15-22(7-9-24-19)12-18-3-10-25-13-18;3*3-2(4,5)1(6)7/h1-5,10,13H,6-9,11-12,14-16H2;3*(H,6,7). The van der Waals surface area contributed by atoms with Crippen molar-refractivity contribution in [1.82, 2.24) is 14.8 Å². The molecule has 2 aromatic rings. The normalized spacial score (nSPS) is 19.2. The largest absolute Gasteiger partial charge is 0.490 e. The number of morpholine rings is 1. The van der Waals surface area contributed by atoms with Gasteiger partial charge in [-0.3, -0.25) is 14.8 Å². The van der Waals surface area contributed by atoms with Crippen LogP contribution in [-0.4, -0.2) is 118 Å². The Bertz CT molecular complexity index is 1160. The molecule has 11 nitrogen and oxygen atoms in total. The van der Waals surface area contributed by atoms with Crippen molar-refractivity contribution in [3.8, 4) is 0 Å². The van der Waals surface area contributed by atoms with Crippen LogP contribution in [0.3, 0.4) is 0 Å². The van der Waals surface area contributed by atoms with E-state index in [0.717, 1.165) is 52.5 Å². The minimum absolute atomic E-state index is 0.224. The van der Waals surface area contributed by atoms with Crippen LogP contribution >= 0.6 is 11.3 Å². The summed E-state index contributed by atoms with van der Waals surface area (Å²) in [5.41, 5.74) is 2.46. The molecule has 1 spiro atoms. The van der Waals surface area contributed by atoms with Crippen LogP contribution in [0.25, 0.3) is 0 Å². The van der Waals surface area contributed by atoms with Crippen molar-refractivity contribution in [3.05, 3.63) is 52.5 Å². The fraction of sp³-hybridized carbons (Fsp3) is 0.520. The first-order valence-electron chi connectivity index (χ1n) is 12.6. The summed E-state index contributed by atoms with van der Waals surface area (Å²) in [4.78, 5) is 35.8. The van der Waals surface area contributed by atoms with Crippen molar-refractivity contribution in [2.75, 3.05) is 46.0 Å². The number of carboxylic acid groups (broad SMARTS) is 3. The number of aliphatic carboxylic acids is 3. The molecule has 0 bridgehead atoms. The van der Waals surface area contributed by atoms with Crippen LogP contribution in [0.4, 0.5) is 39.5 Å². The molecule has 0 amide bonds. The molecule has 21 heteroatoms. The molecular formula is C25H28F9N3O8S. The summed E-state index contributed by atoms with van der Waals surface area (Å²) in [6, 6.07) is 6.39. The number of ether oxygens (including phenoxy) is 2. The van der Waals surface area contributed by atoms with E-state index in [1.165, 1.54) is 11.1 Å². The average Bonchev–Trinajstić information content (AvgIpc) is 3.37. The number of hydrogen-bond acceptors (Lipinski definition) is 9. The van der Waals surface area contributed by atoms with Gasteiger partial charge in [-0.15, -0.1) is 0 Å². The van der Waals surface area contributed by atoms with Gasteiger partial charge in [0.05, 0.1) is 19.8 Å². The summed E-state index contributed by atoms with van der Waals surface area (Å²) in [5.74, 6) is -8.27. The number of alkyl halides is 9. The van der Waals surface area contributed by atoms with Crippen molar-refractivity contribution in [3.63, 3.8) is 0 Å². The lowest BCUT2D eigenvalue weighted by atomic mass is 10.0. The van der Waals surface area contributed by atoms with Crippen LogP contribution in [0.15, 0.2) is 41.4 Å². The van der Waals surface area contributed by atoms with E-state index in [9.17, 15) is 39.5 Å². The van der Waals surface area contributed by atoms with Crippen LogP contribution in [0, 0.1) is 0 Å². The minimum Gasteiger partial charge on any atom is -0.475 e. The van der Waals surface area contributed by atoms with Crippen LogP contribution in [-0.2, 0) is 36.9 Å². The zero-order valence-corrected chi connectivity index (χ0v) is 24.3. The molecule has 2 aliphatic heterocycles. The van der Waals surface area contributed by atoms with E-state index in [0.29, 0.717) is 6.61 Å². The summed E-state index contributed by atoms with van der Waals surface area (Å²) >= 11 is 1.76. The Balaban J connectivity index is 0.000000413. The molecular weight excluding hydrogens is 673 g/mol. The molecule has 2 aromatic heterocycles. The highest BCUT2D eigenvalue weighted by Gasteiger charge is 2.41. The van der Waals surface area contributed by atoms with Gasteiger partial charge in [-0.25, -0.2) is 14.4 Å². The lowest BCUT2D eigenvalue weighted by Crippen LogP contribution is -2.58. The molecule has 4 heterocycles. The van der Waals surface area contributed by atoms with Gasteiger partial charge in [-0.05, 0) is 40.1 Å². The number of halogens is 9. The molecule has 1 atom stereocenters. The van der Waals surface area contributed by atoms with E-state index in [4.69, 9.17) is 39.2 Å². The third-order valence-electron chi connectivity index (χ3n) is 5.63. The lowest BCUT2D eigenvalue weighted by molar-refractivity contribution is -0.193.